The van der Waals surface area contributed by atoms with Crippen molar-refractivity contribution in [2.45, 2.75) is 19.3 Å². The first kappa shape index (κ1) is 13.7. The van der Waals surface area contributed by atoms with Gasteiger partial charge < -0.3 is 10.6 Å². The predicted molar refractivity (Wildman–Crippen MR) is 78.2 cm³/mol. The average molecular weight is 248 g/mol. The van der Waals surface area contributed by atoms with Crippen LogP contribution in [0.3, 0.4) is 0 Å². The minimum absolute atomic E-state index is 0.713. The Labute approximate surface area is 109 Å². The fourth-order valence-corrected chi connectivity index (χ4v) is 1.71. The molecule has 0 heterocycles. The lowest BCUT2D eigenvalue weighted by Crippen LogP contribution is -2.35. The van der Waals surface area contributed by atoms with Crippen molar-refractivity contribution in [3.8, 4) is 0 Å². The number of hydrogen-bond acceptors (Lipinski definition) is 1. The molecule has 0 radical (unpaired) electrons. The fourth-order valence-electron chi connectivity index (χ4n) is 1.53. The van der Waals surface area contributed by atoms with Crippen LogP contribution in [0.2, 0.25) is 0 Å². The van der Waals surface area contributed by atoms with Crippen molar-refractivity contribution in [2.24, 2.45) is 0 Å². The Morgan fingerprint density at radius 2 is 1.94 bits per heavy atom. The Balaban J connectivity index is 2.01. The van der Waals surface area contributed by atoms with Crippen LogP contribution in [0, 0.1) is 0 Å². The molecular weight excluding hydrogens is 228 g/mol. The molecule has 0 aliphatic heterocycles. The number of nitrogens with one attached hydrogen (secondary N) is 2. The summed E-state index contributed by atoms with van der Waals surface area (Å²) < 4.78 is 0. The van der Waals surface area contributed by atoms with E-state index in [0.29, 0.717) is 5.11 Å². The summed E-state index contributed by atoms with van der Waals surface area (Å²) in [6.45, 7) is 5.27. The standard InChI is InChI=1S/C14H20N2S/c1-2-11-15-14(17)16-12-7-6-10-13-8-4-3-5-9-13/h2-5,8-9H,1,6-7,10-12H2,(H2,15,16,17). The van der Waals surface area contributed by atoms with Crippen LogP contribution < -0.4 is 10.6 Å². The molecule has 1 aromatic carbocycles. The molecular formula is C14H20N2S. The van der Waals surface area contributed by atoms with E-state index in [1.165, 1.54) is 12.0 Å². The van der Waals surface area contributed by atoms with Crippen molar-refractivity contribution in [2.75, 3.05) is 13.1 Å². The van der Waals surface area contributed by atoms with E-state index in [4.69, 9.17) is 12.2 Å². The summed E-state index contributed by atoms with van der Waals surface area (Å²) in [6, 6.07) is 10.6. The molecule has 0 aliphatic carbocycles. The van der Waals surface area contributed by atoms with Crippen molar-refractivity contribution in [1.29, 1.82) is 0 Å². The van der Waals surface area contributed by atoms with Crippen LogP contribution in [0.4, 0.5) is 0 Å². The molecule has 0 atom stereocenters. The lowest BCUT2D eigenvalue weighted by atomic mass is 10.1. The largest absolute Gasteiger partial charge is 0.363 e. The minimum Gasteiger partial charge on any atom is -0.363 e. The summed E-state index contributed by atoms with van der Waals surface area (Å²) in [5, 5.41) is 6.93. The lowest BCUT2D eigenvalue weighted by molar-refractivity contribution is 0.704. The molecule has 2 N–H and O–H groups in total. The Hall–Kier alpha value is -1.35. The molecule has 1 aromatic rings. The van der Waals surface area contributed by atoms with Gasteiger partial charge in [0, 0.05) is 13.1 Å². The number of unbranched alkanes of at least 4 members (excludes halogenated alkanes) is 1. The van der Waals surface area contributed by atoms with Crippen LogP contribution in [0.15, 0.2) is 43.0 Å². The summed E-state index contributed by atoms with van der Waals surface area (Å²) in [5.74, 6) is 0. The highest BCUT2D eigenvalue weighted by molar-refractivity contribution is 7.80. The number of rotatable bonds is 7. The summed E-state index contributed by atoms with van der Waals surface area (Å²) in [6.07, 6.45) is 5.24. The van der Waals surface area contributed by atoms with E-state index in [1.807, 2.05) is 0 Å². The van der Waals surface area contributed by atoms with Crippen LogP contribution in [0.1, 0.15) is 18.4 Å². The highest BCUT2D eigenvalue weighted by Crippen LogP contribution is 2.03. The van der Waals surface area contributed by atoms with Gasteiger partial charge in [-0.25, -0.2) is 0 Å². The molecule has 0 amide bonds. The van der Waals surface area contributed by atoms with Crippen LogP contribution in [0.25, 0.3) is 0 Å². The molecule has 92 valence electrons. The van der Waals surface area contributed by atoms with E-state index in [-0.39, 0.29) is 0 Å². The zero-order chi connectivity index (χ0) is 12.3. The number of aryl methyl sites for hydroxylation is 1. The molecule has 1 rings (SSSR count). The van der Waals surface area contributed by atoms with Gasteiger partial charge in [-0.1, -0.05) is 36.4 Å². The fraction of sp³-hybridized carbons (Fsp3) is 0.357. The zero-order valence-electron chi connectivity index (χ0n) is 10.1. The van der Waals surface area contributed by atoms with Gasteiger partial charge in [-0.05, 0) is 37.0 Å². The molecule has 0 bridgehead atoms. The van der Waals surface area contributed by atoms with Gasteiger partial charge in [-0.3, -0.25) is 0 Å². The van der Waals surface area contributed by atoms with E-state index in [0.717, 1.165) is 25.9 Å². The van der Waals surface area contributed by atoms with Crippen LogP contribution in [-0.2, 0) is 6.42 Å². The SMILES string of the molecule is C=CCNC(=S)NCCCCc1ccccc1. The van der Waals surface area contributed by atoms with Crippen molar-refractivity contribution < 1.29 is 0 Å². The smallest absolute Gasteiger partial charge is 0.166 e. The highest BCUT2D eigenvalue weighted by atomic mass is 32.1. The molecule has 3 heteroatoms. The predicted octanol–water partition coefficient (Wildman–Crippen LogP) is 2.66. The second-order valence-electron chi connectivity index (χ2n) is 3.87. The second-order valence-corrected chi connectivity index (χ2v) is 4.28. The van der Waals surface area contributed by atoms with Crippen molar-refractivity contribution in [3.63, 3.8) is 0 Å². The van der Waals surface area contributed by atoms with Gasteiger partial charge in [0.25, 0.3) is 0 Å². The van der Waals surface area contributed by atoms with Crippen LogP contribution in [0.5, 0.6) is 0 Å². The molecule has 0 unspecified atom stereocenters. The van der Waals surface area contributed by atoms with Gasteiger partial charge in [0.05, 0.1) is 0 Å². The molecule has 2 nitrogen and oxygen atoms in total. The Bertz CT molecular complexity index is 335. The maximum absolute atomic E-state index is 5.09. The third kappa shape index (κ3) is 6.74. The molecule has 0 spiro atoms. The molecule has 0 aromatic heterocycles. The van der Waals surface area contributed by atoms with Crippen molar-refractivity contribution in [1.82, 2.24) is 10.6 Å². The minimum atomic E-state index is 0.713. The van der Waals surface area contributed by atoms with E-state index < -0.39 is 0 Å². The monoisotopic (exact) mass is 248 g/mol. The summed E-state index contributed by atoms with van der Waals surface area (Å²) in [4.78, 5) is 0. The maximum Gasteiger partial charge on any atom is 0.166 e. The van der Waals surface area contributed by atoms with Gasteiger partial charge in [-0.2, -0.15) is 0 Å². The van der Waals surface area contributed by atoms with E-state index >= 15 is 0 Å². The quantitative estimate of drug-likeness (QED) is 0.441. The van der Waals surface area contributed by atoms with Gasteiger partial charge in [0.1, 0.15) is 0 Å². The van der Waals surface area contributed by atoms with E-state index in [9.17, 15) is 0 Å². The first-order valence-electron chi connectivity index (χ1n) is 5.99. The third-order valence-electron chi connectivity index (χ3n) is 2.43. The zero-order valence-corrected chi connectivity index (χ0v) is 10.9. The molecule has 0 fully saturated rings. The van der Waals surface area contributed by atoms with Gasteiger partial charge in [0.2, 0.25) is 0 Å². The number of hydrogen-bond donors (Lipinski definition) is 2. The molecule has 0 saturated heterocycles. The van der Waals surface area contributed by atoms with Crippen LogP contribution >= 0.6 is 12.2 Å². The first-order chi connectivity index (χ1) is 8.33. The normalized spacial score (nSPS) is 9.65. The molecule has 0 aliphatic rings. The molecule has 0 saturated carbocycles. The first-order valence-corrected chi connectivity index (χ1v) is 6.40. The average Bonchev–Trinajstić information content (AvgIpc) is 2.37. The molecule has 17 heavy (non-hydrogen) atoms. The van der Waals surface area contributed by atoms with Gasteiger partial charge in [-0.15, -0.1) is 6.58 Å². The lowest BCUT2D eigenvalue weighted by Gasteiger charge is -2.08. The number of benzene rings is 1. The Kier molecular flexibility index (Phi) is 7.07. The highest BCUT2D eigenvalue weighted by Gasteiger charge is 1.94. The second kappa shape index (κ2) is 8.76. The van der Waals surface area contributed by atoms with Crippen LogP contribution in [-0.4, -0.2) is 18.2 Å². The summed E-state index contributed by atoms with van der Waals surface area (Å²) in [5.41, 5.74) is 1.40. The maximum atomic E-state index is 5.09. The van der Waals surface area contributed by atoms with Gasteiger partial charge >= 0.3 is 0 Å². The van der Waals surface area contributed by atoms with E-state index in [1.54, 1.807) is 6.08 Å². The van der Waals surface area contributed by atoms with Gasteiger partial charge in [0.15, 0.2) is 5.11 Å². The summed E-state index contributed by atoms with van der Waals surface area (Å²) in [7, 11) is 0. The number of thiocarbonyl (C=S) groups is 1. The van der Waals surface area contributed by atoms with Crippen molar-refractivity contribution >= 4 is 17.3 Å². The van der Waals surface area contributed by atoms with E-state index in [2.05, 4.69) is 47.5 Å². The third-order valence-corrected chi connectivity index (χ3v) is 2.72. The Morgan fingerprint density at radius 3 is 2.65 bits per heavy atom. The Morgan fingerprint density at radius 1 is 1.18 bits per heavy atom. The topological polar surface area (TPSA) is 24.1 Å². The van der Waals surface area contributed by atoms with Crippen molar-refractivity contribution in [3.05, 3.63) is 48.6 Å². The summed E-state index contributed by atoms with van der Waals surface area (Å²) >= 11 is 5.09.